The van der Waals surface area contributed by atoms with Crippen LogP contribution in [0.4, 0.5) is 8.78 Å². The Labute approximate surface area is 84.5 Å². The van der Waals surface area contributed by atoms with E-state index in [2.05, 4.69) is 4.98 Å². The fourth-order valence-corrected chi connectivity index (χ4v) is 1.88. The number of carbonyl (C=O) groups is 1. The van der Waals surface area contributed by atoms with Crippen molar-refractivity contribution in [2.75, 3.05) is 0 Å². The van der Waals surface area contributed by atoms with Gasteiger partial charge in [-0.1, -0.05) is 0 Å². The highest BCUT2D eigenvalue weighted by Gasteiger charge is 2.28. The molecular formula is C9H10F2N2O2. The molecule has 0 radical (unpaired) electrons. The average molecular weight is 216 g/mol. The van der Waals surface area contributed by atoms with E-state index >= 15 is 0 Å². The molecule has 0 spiro atoms. The third-order valence-corrected chi connectivity index (χ3v) is 2.51. The number of aryl methyl sites for hydroxylation is 1. The van der Waals surface area contributed by atoms with Crippen LogP contribution in [0.2, 0.25) is 0 Å². The average Bonchev–Trinajstić information content (AvgIpc) is 2.56. The Morgan fingerprint density at radius 2 is 2.20 bits per heavy atom. The first-order chi connectivity index (χ1) is 7.11. The zero-order valence-corrected chi connectivity index (χ0v) is 7.91. The van der Waals surface area contributed by atoms with E-state index < -0.39 is 18.1 Å². The van der Waals surface area contributed by atoms with Crippen molar-refractivity contribution in [3.8, 4) is 0 Å². The number of rotatable bonds is 2. The van der Waals surface area contributed by atoms with Crippen molar-refractivity contribution in [1.82, 2.24) is 9.55 Å². The molecule has 0 bridgehead atoms. The second-order valence-electron chi connectivity index (χ2n) is 3.48. The first kappa shape index (κ1) is 10.1. The summed E-state index contributed by atoms with van der Waals surface area (Å²) in [7, 11) is 0. The summed E-state index contributed by atoms with van der Waals surface area (Å²) in [5, 5.41) is 8.87. The van der Waals surface area contributed by atoms with Crippen molar-refractivity contribution in [3.63, 3.8) is 0 Å². The number of imidazole rings is 1. The lowest BCUT2D eigenvalue weighted by molar-refractivity contribution is 0.0670. The Hall–Kier alpha value is -1.46. The molecule has 1 aromatic rings. The van der Waals surface area contributed by atoms with E-state index in [1.54, 1.807) is 0 Å². The number of aromatic carboxylic acids is 1. The van der Waals surface area contributed by atoms with Crippen molar-refractivity contribution in [3.05, 3.63) is 17.2 Å². The number of aromatic nitrogens is 2. The molecule has 0 saturated carbocycles. The molecule has 1 aromatic heterocycles. The maximum atomic E-state index is 12.5. The van der Waals surface area contributed by atoms with E-state index in [-0.39, 0.29) is 5.69 Å². The van der Waals surface area contributed by atoms with Gasteiger partial charge < -0.3 is 9.67 Å². The van der Waals surface area contributed by atoms with Gasteiger partial charge in [0.05, 0.1) is 0 Å². The summed E-state index contributed by atoms with van der Waals surface area (Å²) in [5.41, 5.74) is -0.945. The first-order valence-electron chi connectivity index (χ1n) is 4.72. The van der Waals surface area contributed by atoms with Crippen LogP contribution in [0.15, 0.2) is 0 Å². The highest BCUT2D eigenvalue weighted by Crippen LogP contribution is 2.26. The molecule has 0 atom stereocenters. The van der Waals surface area contributed by atoms with E-state index in [1.165, 1.54) is 4.57 Å². The minimum atomic E-state index is -2.82. The van der Waals surface area contributed by atoms with Crippen molar-refractivity contribution in [2.24, 2.45) is 0 Å². The number of carboxylic acid groups (broad SMARTS) is 1. The first-order valence-corrected chi connectivity index (χ1v) is 4.72. The van der Waals surface area contributed by atoms with Gasteiger partial charge in [0.25, 0.3) is 6.43 Å². The van der Waals surface area contributed by atoms with E-state index in [0.717, 1.165) is 12.8 Å². The Kier molecular flexibility index (Phi) is 2.42. The number of fused-ring (bicyclic) bond motifs is 1. The van der Waals surface area contributed by atoms with Crippen LogP contribution in [-0.4, -0.2) is 20.6 Å². The number of halogens is 2. The Morgan fingerprint density at radius 3 is 2.80 bits per heavy atom. The summed E-state index contributed by atoms with van der Waals surface area (Å²) in [5.74, 6) is -0.861. The maximum absolute atomic E-state index is 12.5. The molecule has 0 amide bonds. The highest BCUT2D eigenvalue weighted by molar-refractivity contribution is 5.87. The molecule has 2 rings (SSSR count). The van der Waals surface area contributed by atoms with Crippen LogP contribution in [0.1, 0.15) is 41.3 Å². The van der Waals surface area contributed by atoms with Crippen LogP contribution in [0.5, 0.6) is 0 Å². The second kappa shape index (κ2) is 3.60. The molecular weight excluding hydrogens is 206 g/mol. The lowest BCUT2D eigenvalue weighted by Gasteiger charge is -2.14. The Bertz CT molecular complexity index is 401. The number of hydrogen-bond acceptors (Lipinski definition) is 2. The SMILES string of the molecule is O=C(O)c1c(C(F)F)nc2n1CCCC2. The lowest BCUT2D eigenvalue weighted by Crippen LogP contribution is -2.16. The van der Waals surface area contributed by atoms with Gasteiger partial charge in [0.15, 0.2) is 5.69 Å². The smallest absolute Gasteiger partial charge is 0.354 e. The Balaban J connectivity index is 2.56. The molecule has 0 saturated heterocycles. The predicted octanol–water partition coefficient (Wildman–Crippen LogP) is 1.86. The van der Waals surface area contributed by atoms with Gasteiger partial charge in [0, 0.05) is 13.0 Å². The molecule has 1 aliphatic heterocycles. The fraction of sp³-hybridized carbons (Fsp3) is 0.556. The maximum Gasteiger partial charge on any atom is 0.354 e. The summed E-state index contributed by atoms with van der Waals surface area (Å²) in [6.45, 7) is 0.469. The lowest BCUT2D eigenvalue weighted by atomic mass is 10.1. The van der Waals surface area contributed by atoms with Gasteiger partial charge in [0.1, 0.15) is 11.5 Å². The molecule has 0 aromatic carbocycles. The molecule has 0 aliphatic carbocycles. The van der Waals surface area contributed by atoms with Crippen molar-refractivity contribution in [2.45, 2.75) is 32.2 Å². The van der Waals surface area contributed by atoms with Gasteiger partial charge >= 0.3 is 5.97 Å². The van der Waals surface area contributed by atoms with Crippen LogP contribution in [0.25, 0.3) is 0 Å². The van der Waals surface area contributed by atoms with Crippen molar-refractivity contribution >= 4 is 5.97 Å². The van der Waals surface area contributed by atoms with Gasteiger partial charge in [-0.15, -0.1) is 0 Å². The number of hydrogen-bond donors (Lipinski definition) is 1. The molecule has 6 heteroatoms. The van der Waals surface area contributed by atoms with Gasteiger partial charge in [-0.2, -0.15) is 0 Å². The van der Waals surface area contributed by atoms with Gasteiger partial charge in [-0.05, 0) is 12.8 Å². The van der Waals surface area contributed by atoms with E-state index in [0.29, 0.717) is 18.8 Å². The molecule has 4 nitrogen and oxygen atoms in total. The van der Waals surface area contributed by atoms with Crippen LogP contribution < -0.4 is 0 Å². The predicted molar refractivity (Wildman–Crippen MR) is 47.1 cm³/mol. The van der Waals surface area contributed by atoms with Crippen LogP contribution >= 0.6 is 0 Å². The van der Waals surface area contributed by atoms with Gasteiger partial charge in [-0.3, -0.25) is 0 Å². The van der Waals surface area contributed by atoms with Crippen LogP contribution in [0, 0.1) is 0 Å². The molecule has 2 heterocycles. The summed E-state index contributed by atoms with van der Waals surface area (Å²) >= 11 is 0. The summed E-state index contributed by atoms with van der Waals surface area (Å²) in [6, 6.07) is 0. The summed E-state index contributed by atoms with van der Waals surface area (Å²) in [4.78, 5) is 14.6. The van der Waals surface area contributed by atoms with Crippen LogP contribution in [0.3, 0.4) is 0 Å². The van der Waals surface area contributed by atoms with Gasteiger partial charge in [0.2, 0.25) is 0 Å². The van der Waals surface area contributed by atoms with Crippen molar-refractivity contribution < 1.29 is 18.7 Å². The summed E-state index contributed by atoms with van der Waals surface area (Å²) < 4.78 is 26.5. The molecule has 0 fully saturated rings. The van der Waals surface area contributed by atoms with Crippen molar-refractivity contribution in [1.29, 1.82) is 0 Å². The minimum Gasteiger partial charge on any atom is -0.477 e. The van der Waals surface area contributed by atoms with E-state index in [4.69, 9.17) is 5.11 Å². The van der Waals surface area contributed by atoms with E-state index in [1.807, 2.05) is 0 Å². The zero-order chi connectivity index (χ0) is 11.0. The molecule has 15 heavy (non-hydrogen) atoms. The number of alkyl halides is 2. The molecule has 1 N–H and O–H groups in total. The zero-order valence-electron chi connectivity index (χ0n) is 7.91. The summed E-state index contributed by atoms with van der Waals surface area (Å²) in [6.07, 6.45) is -0.563. The largest absolute Gasteiger partial charge is 0.477 e. The number of carboxylic acids is 1. The molecule has 0 unspecified atom stereocenters. The Morgan fingerprint density at radius 1 is 1.47 bits per heavy atom. The van der Waals surface area contributed by atoms with Crippen LogP contribution in [-0.2, 0) is 13.0 Å². The van der Waals surface area contributed by atoms with Gasteiger partial charge in [-0.25, -0.2) is 18.6 Å². The van der Waals surface area contributed by atoms with E-state index in [9.17, 15) is 13.6 Å². The highest BCUT2D eigenvalue weighted by atomic mass is 19.3. The fourth-order valence-electron chi connectivity index (χ4n) is 1.88. The number of nitrogens with zero attached hydrogens (tertiary/aromatic N) is 2. The minimum absolute atomic E-state index is 0.347. The normalized spacial score (nSPS) is 15.4. The topological polar surface area (TPSA) is 55.1 Å². The second-order valence-corrected chi connectivity index (χ2v) is 3.48. The molecule has 82 valence electrons. The monoisotopic (exact) mass is 216 g/mol. The third-order valence-electron chi connectivity index (χ3n) is 2.51. The quantitative estimate of drug-likeness (QED) is 0.820. The molecule has 1 aliphatic rings. The standard InChI is InChI=1S/C9H10F2N2O2/c10-8(11)6-7(9(14)15)13-4-2-1-3-5(13)12-6/h8H,1-4H2,(H,14,15). The third kappa shape index (κ3) is 1.60.